The molecular weight excluding hydrogens is 180 g/mol. The van der Waals surface area contributed by atoms with Crippen LogP contribution in [0.1, 0.15) is 38.3 Å². The van der Waals surface area contributed by atoms with Crippen molar-refractivity contribution >= 4 is 5.57 Å². The normalized spacial score (nSPS) is 13.1. The van der Waals surface area contributed by atoms with E-state index in [1.54, 1.807) is 0 Å². The summed E-state index contributed by atoms with van der Waals surface area (Å²) in [6, 6.07) is 8.74. The Morgan fingerprint density at radius 2 is 1.80 bits per heavy atom. The number of hydrogen-bond acceptors (Lipinski definition) is 0. The first-order valence-electron chi connectivity index (χ1n) is 5.58. The maximum atomic E-state index is 2.27. The van der Waals surface area contributed by atoms with Crippen molar-refractivity contribution < 1.29 is 0 Å². The van der Waals surface area contributed by atoms with Crippen LogP contribution in [0.3, 0.4) is 0 Å². The van der Waals surface area contributed by atoms with Crippen LogP contribution in [0.5, 0.6) is 0 Å². The number of hydrogen-bond donors (Lipinski definition) is 0. The average Bonchev–Trinajstić information content (AvgIpc) is 2.27. The van der Waals surface area contributed by atoms with Crippen molar-refractivity contribution in [1.29, 1.82) is 0 Å². The summed E-state index contributed by atoms with van der Waals surface area (Å²) >= 11 is 0. The van der Waals surface area contributed by atoms with Gasteiger partial charge in [0.1, 0.15) is 0 Å². The third-order valence-electron chi connectivity index (χ3n) is 2.66. The summed E-state index contributed by atoms with van der Waals surface area (Å²) < 4.78 is 0. The van der Waals surface area contributed by atoms with Gasteiger partial charge in [-0.1, -0.05) is 54.5 Å². The molecule has 0 spiro atoms. The van der Waals surface area contributed by atoms with E-state index in [2.05, 4.69) is 64.1 Å². The molecule has 0 aliphatic carbocycles. The Balaban J connectivity index is 3.02. The molecular formula is C15H20. The summed E-state index contributed by atoms with van der Waals surface area (Å²) in [6.45, 7) is 8.54. The monoisotopic (exact) mass is 200 g/mol. The fraction of sp³-hybridized carbons (Fsp3) is 0.333. The van der Waals surface area contributed by atoms with Gasteiger partial charge in [0.2, 0.25) is 0 Å². The summed E-state index contributed by atoms with van der Waals surface area (Å²) in [5, 5.41) is 0. The van der Waals surface area contributed by atoms with Gasteiger partial charge in [0.25, 0.3) is 0 Å². The molecule has 0 saturated carbocycles. The summed E-state index contributed by atoms with van der Waals surface area (Å²) in [6.07, 6.45) is 5.49. The van der Waals surface area contributed by atoms with Gasteiger partial charge < -0.3 is 0 Å². The summed E-state index contributed by atoms with van der Waals surface area (Å²) in [5.74, 6) is 0. The predicted octanol–water partition coefficient (Wildman–Crippen LogP) is 4.75. The van der Waals surface area contributed by atoms with E-state index in [0.717, 1.165) is 6.42 Å². The summed E-state index contributed by atoms with van der Waals surface area (Å²) in [7, 11) is 0. The minimum Gasteiger partial charge on any atom is -0.0847 e. The highest BCUT2D eigenvalue weighted by Crippen LogP contribution is 2.20. The van der Waals surface area contributed by atoms with Gasteiger partial charge in [-0.05, 0) is 38.3 Å². The standard InChI is InChI=1S/C15H20/c1-5-12(3)11-14(6-2)15-9-7-13(4)8-10-15/h5,7-11H,6H2,1-4H3/b12-5-,14-11+. The molecule has 0 aliphatic rings. The zero-order valence-corrected chi connectivity index (χ0v) is 10.2. The van der Waals surface area contributed by atoms with E-state index < -0.39 is 0 Å². The van der Waals surface area contributed by atoms with Gasteiger partial charge in [-0.15, -0.1) is 0 Å². The number of rotatable bonds is 3. The smallest absolute Gasteiger partial charge is 0.0224 e. The molecule has 0 bridgehead atoms. The van der Waals surface area contributed by atoms with Crippen LogP contribution in [0.15, 0.2) is 42.0 Å². The SMILES string of the molecule is C/C=C(C)\C=C(/CC)c1ccc(C)cc1. The lowest BCUT2D eigenvalue weighted by molar-refractivity contribution is 1.23. The van der Waals surface area contributed by atoms with Crippen LogP contribution in [0.4, 0.5) is 0 Å². The second-order valence-corrected chi connectivity index (χ2v) is 3.92. The molecule has 0 saturated heterocycles. The van der Waals surface area contributed by atoms with E-state index in [9.17, 15) is 0 Å². The van der Waals surface area contributed by atoms with Crippen molar-refractivity contribution in [2.24, 2.45) is 0 Å². The highest BCUT2D eigenvalue weighted by Gasteiger charge is 1.98. The van der Waals surface area contributed by atoms with E-state index in [1.165, 1.54) is 22.3 Å². The molecule has 0 amide bonds. The van der Waals surface area contributed by atoms with Gasteiger partial charge in [-0.2, -0.15) is 0 Å². The molecule has 0 N–H and O–H groups in total. The zero-order chi connectivity index (χ0) is 11.3. The largest absolute Gasteiger partial charge is 0.0847 e. The fourth-order valence-electron chi connectivity index (χ4n) is 1.52. The second-order valence-electron chi connectivity index (χ2n) is 3.92. The molecule has 0 fully saturated rings. The Bertz CT molecular complexity index is 364. The lowest BCUT2D eigenvalue weighted by atomic mass is 10.00. The van der Waals surface area contributed by atoms with Gasteiger partial charge in [0, 0.05) is 0 Å². The summed E-state index contributed by atoms with van der Waals surface area (Å²) in [5.41, 5.74) is 5.39. The lowest BCUT2D eigenvalue weighted by Crippen LogP contribution is -1.84. The Hall–Kier alpha value is -1.30. The van der Waals surface area contributed by atoms with E-state index in [0.29, 0.717) is 0 Å². The lowest BCUT2D eigenvalue weighted by Gasteiger charge is -2.06. The van der Waals surface area contributed by atoms with Crippen LogP contribution in [-0.4, -0.2) is 0 Å². The van der Waals surface area contributed by atoms with E-state index in [-0.39, 0.29) is 0 Å². The minimum absolute atomic E-state index is 1.08. The van der Waals surface area contributed by atoms with Crippen LogP contribution >= 0.6 is 0 Å². The molecule has 80 valence electrons. The minimum atomic E-state index is 1.08. The van der Waals surface area contributed by atoms with Crippen molar-refractivity contribution in [2.75, 3.05) is 0 Å². The molecule has 1 aromatic rings. The maximum absolute atomic E-state index is 2.27. The molecule has 0 atom stereocenters. The van der Waals surface area contributed by atoms with Crippen molar-refractivity contribution in [2.45, 2.75) is 34.1 Å². The molecule has 0 nitrogen and oxygen atoms in total. The maximum Gasteiger partial charge on any atom is -0.0224 e. The topological polar surface area (TPSA) is 0 Å². The van der Waals surface area contributed by atoms with Gasteiger partial charge in [0.15, 0.2) is 0 Å². The Morgan fingerprint density at radius 3 is 2.27 bits per heavy atom. The highest BCUT2D eigenvalue weighted by molar-refractivity contribution is 5.67. The first-order chi connectivity index (χ1) is 7.17. The first kappa shape index (κ1) is 11.8. The Labute approximate surface area is 93.3 Å². The quantitative estimate of drug-likeness (QED) is 0.617. The fourth-order valence-corrected chi connectivity index (χ4v) is 1.52. The van der Waals surface area contributed by atoms with Gasteiger partial charge in [-0.25, -0.2) is 0 Å². The van der Waals surface area contributed by atoms with Crippen LogP contribution in [-0.2, 0) is 0 Å². The van der Waals surface area contributed by atoms with Crippen molar-refractivity contribution in [3.63, 3.8) is 0 Å². The Morgan fingerprint density at radius 1 is 1.20 bits per heavy atom. The first-order valence-corrected chi connectivity index (χ1v) is 5.58. The molecule has 0 unspecified atom stereocenters. The number of benzene rings is 1. The van der Waals surface area contributed by atoms with Crippen LogP contribution in [0.25, 0.3) is 5.57 Å². The predicted molar refractivity (Wildman–Crippen MR) is 68.9 cm³/mol. The van der Waals surface area contributed by atoms with Crippen molar-refractivity contribution in [3.05, 3.63) is 53.1 Å². The van der Waals surface area contributed by atoms with Crippen molar-refractivity contribution in [3.8, 4) is 0 Å². The van der Waals surface area contributed by atoms with Crippen molar-refractivity contribution in [1.82, 2.24) is 0 Å². The van der Waals surface area contributed by atoms with Gasteiger partial charge in [-0.3, -0.25) is 0 Å². The second kappa shape index (κ2) is 5.55. The molecule has 0 aromatic heterocycles. The van der Waals surface area contributed by atoms with E-state index in [1.807, 2.05) is 0 Å². The Kier molecular flexibility index (Phi) is 4.36. The molecule has 1 aromatic carbocycles. The van der Waals surface area contributed by atoms with Gasteiger partial charge in [0.05, 0.1) is 0 Å². The van der Waals surface area contributed by atoms with Crippen LogP contribution in [0, 0.1) is 6.92 Å². The average molecular weight is 200 g/mol. The highest BCUT2D eigenvalue weighted by atomic mass is 14.0. The van der Waals surface area contributed by atoms with Gasteiger partial charge >= 0.3 is 0 Å². The molecule has 0 heterocycles. The third-order valence-corrected chi connectivity index (χ3v) is 2.66. The van der Waals surface area contributed by atoms with Crippen LogP contribution < -0.4 is 0 Å². The zero-order valence-electron chi connectivity index (χ0n) is 10.2. The molecule has 1 rings (SSSR count). The third kappa shape index (κ3) is 3.39. The number of aryl methyl sites for hydroxylation is 1. The molecule has 0 radical (unpaired) electrons. The molecule has 0 aliphatic heterocycles. The van der Waals surface area contributed by atoms with Crippen LogP contribution in [0.2, 0.25) is 0 Å². The number of allylic oxidation sites excluding steroid dienone is 4. The van der Waals surface area contributed by atoms with E-state index >= 15 is 0 Å². The summed E-state index contributed by atoms with van der Waals surface area (Å²) in [4.78, 5) is 0. The molecule has 0 heteroatoms. The molecule has 15 heavy (non-hydrogen) atoms. The van der Waals surface area contributed by atoms with E-state index in [4.69, 9.17) is 0 Å².